The molecular weight excluding hydrogens is 284 g/mol. The van der Waals surface area contributed by atoms with Gasteiger partial charge in [-0.3, -0.25) is 4.98 Å². The molecule has 114 valence electrons. The number of pyridine rings is 1. The number of piperidine rings is 1. The van der Waals surface area contributed by atoms with E-state index in [2.05, 4.69) is 29.6 Å². The number of imidazole rings is 1. The lowest BCUT2D eigenvalue weighted by Gasteiger charge is -2.31. The molecule has 8 nitrogen and oxygen atoms in total. The first kappa shape index (κ1) is 13.1. The lowest BCUT2D eigenvalue weighted by molar-refractivity contribution is 0.382. The fraction of sp³-hybridized carbons (Fsp3) is 0.429. The van der Waals surface area contributed by atoms with Crippen LogP contribution in [0, 0.1) is 0 Å². The second-order valence-corrected chi connectivity index (χ2v) is 5.57. The van der Waals surface area contributed by atoms with Gasteiger partial charge in [-0.1, -0.05) is 0 Å². The van der Waals surface area contributed by atoms with Gasteiger partial charge >= 0.3 is 5.76 Å². The van der Waals surface area contributed by atoms with Crippen molar-refractivity contribution in [3.63, 3.8) is 0 Å². The molecule has 1 saturated heterocycles. The summed E-state index contributed by atoms with van der Waals surface area (Å²) in [4.78, 5) is 22.1. The monoisotopic (exact) mass is 300 g/mol. The van der Waals surface area contributed by atoms with Gasteiger partial charge in [0.1, 0.15) is 5.52 Å². The number of fused-ring (bicyclic) bond motifs is 1. The summed E-state index contributed by atoms with van der Waals surface area (Å²) >= 11 is 0. The molecule has 0 amide bonds. The molecule has 3 aromatic rings. The summed E-state index contributed by atoms with van der Waals surface area (Å²) in [7, 11) is 2.00. The Morgan fingerprint density at radius 2 is 2.36 bits per heavy atom. The number of hydrogen-bond acceptors (Lipinski definition) is 6. The number of aromatic amines is 1. The highest BCUT2D eigenvalue weighted by Crippen LogP contribution is 2.29. The Morgan fingerprint density at radius 1 is 1.45 bits per heavy atom. The molecule has 22 heavy (non-hydrogen) atoms. The van der Waals surface area contributed by atoms with E-state index in [0.717, 1.165) is 42.9 Å². The Bertz CT molecular complexity index is 863. The Balaban J connectivity index is 1.66. The molecule has 0 aliphatic carbocycles. The SMILES string of the molecule is Cn1c(N2CCCC(c3n[nH]c(=O)o3)C2)nc2cnccc21. The van der Waals surface area contributed by atoms with E-state index in [9.17, 15) is 4.79 Å². The molecule has 1 aliphatic heterocycles. The van der Waals surface area contributed by atoms with Crippen molar-refractivity contribution in [1.82, 2.24) is 24.7 Å². The van der Waals surface area contributed by atoms with E-state index < -0.39 is 5.76 Å². The fourth-order valence-electron chi connectivity index (χ4n) is 3.10. The van der Waals surface area contributed by atoms with Gasteiger partial charge in [-0.05, 0) is 18.9 Å². The Kier molecular flexibility index (Phi) is 2.95. The summed E-state index contributed by atoms with van der Waals surface area (Å²) in [6.07, 6.45) is 5.50. The average Bonchev–Trinajstić information content (AvgIpc) is 3.12. The van der Waals surface area contributed by atoms with Crippen molar-refractivity contribution in [3.8, 4) is 0 Å². The molecule has 1 unspecified atom stereocenters. The maximum Gasteiger partial charge on any atom is 0.434 e. The highest BCUT2D eigenvalue weighted by Gasteiger charge is 2.27. The molecule has 0 radical (unpaired) electrons. The maximum atomic E-state index is 11.1. The predicted molar refractivity (Wildman–Crippen MR) is 79.8 cm³/mol. The number of nitrogens with zero attached hydrogens (tertiary/aromatic N) is 5. The van der Waals surface area contributed by atoms with E-state index in [1.165, 1.54) is 0 Å². The van der Waals surface area contributed by atoms with Crippen LogP contribution in [0.25, 0.3) is 11.0 Å². The van der Waals surface area contributed by atoms with Crippen LogP contribution in [-0.4, -0.2) is 37.8 Å². The number of aryl methyl sites for hydroxylation is 1. The third-order valence-corrected chi connectivity index (χ3v) is 4.17. The third-order valence-electron chi connectivity index (χ3n) is 4.17. The highest BCUT2D eigenvalue weighted by molar-refractivity contribution is 5.77. The second kappa shape index (κ2) is 4.97. The van der Waals surface area contributed by atoms with Gasteiger partial charge in [0.15, 0.2) is 0 Å². The topological polar surface area (TPSA) is 92.8 Å². The minimum absolute atomic E-state index is 0.102. The summed E-state index contributed by atoms with van der Waals surface area (Å²) in [6.45, 7) is 1.66. The van der Waals surface area contributed by atoms with Crippen LogP contribution in [0.2, 0.25) is 0 Å². The van der Waals surface area contributed by atoms with Gasteiger partial charge < -0.3 is 13.9 Å². The molecule has 1 aliphatic rings. The van der Waals surface area contributed by atoms with E-state index in [1.807, 2.05) is 13.1 Å². The highest BCUT2D eigenvalue weighted by atomic mass is 16.4. The van der Waals surface area contributed by atoms with Gasteiger partial charge in [-0.15, -0.1) is 5.10 Å². The van der Waals surface area contributed by atoms with Gasteiger partial charge in [0.25, 0.3) is 0 Å². The van der Waals surface area contributed by atoms with E-state index in [0.29, 0.717) is 5.89 Å². The second-order valence-electron chi connectivity index (χ2n) is 5.57. The van der Waals surface area contributed by atoms with Crippen molar-refractivity contribution < 1.29 is 4.42 Å². The number of aromatic nitrogens is 5. The number of anilines is 1. The maximum absolute atomic E-state index is 11.1. The van der Waals surface area contributed by atoms with Gasteiger partial charge in [0, 0.05) is 26.3 Å². The van der Waals surface area contributed by atoms with E-state index in [1.54, 1.807) is 12.4 Å². The zero-order valence-electron chi connectivity index (χ0n) is 12.2. The van der Waals surface area contributed by atoms with Crippen LogP contribution >= 0.6 is 0 Å². The Morgan fingerprint density at radius 3 is 3.14 bits per heavy atom. The van der Waals surface area contributed by atoms with Crippen LogP contribution in [0.15, 0.2) is 27.7 Å². The first-order chi connectivity index (χ1) is 10.7. The summed E-state index contributed by atoms with van der Waals surface area (Å²) in [5.41, 5.74) is 1.94. The van der Waals surface area contributed by atoms with Crippen molar-refractivity contribution >= 4 is 17.0 Å². The molecule has 1 N–H and O–H groups in total. The van der Waals surface area contributed by atoms with E-state index in [4.69, 9.17) is 4.42 Å². The first-order valence-corrected chi connectivity index (χ1v) is 7.29. The summed E-state index contributed by atoms with van der Waals surface area (Å²) in [5.74, 6) is 0.993. The molecule has 0 saturated carbocycles. The minimum atomic E-state index is -0.499. The molecule has 4 rings (SSSR count). The predicted octanol–water partition coefficient (Wildman–Crippen LogP) is 1.03. The van der Waals surface area contributed by atoms with Crippen LogP contribution < -0.4 is 10.7 Å². The number of rotatable bonds is 2. The van der Waals surface area contributed by atoms with Crippen LogP contribution in [0.3, 0.4) is 0 Å². The normalized spacial score (nSPS) is 19.0. The average molecular weight is 300 g/mol. The molecule has 0 spiro atoms. The Hall–Kier alpha value is -2.64. The lowest BCUT2D eigenvalue weighted by Crippen LogP contribution is -2.36. The van der Waals surface area contributed by atoms with E-state index >= 15 is 0 Å². The molecule has 1 fully saturated rings. The number of hydrogen-bond donors (Lipinski definition) is 1. The smallest absolute Gasteiger partial charge is 0.392 e. The molecule has 0 aromatic carbocycles. The molecule has 3 aromatic heterocycles. The van der Waals surface area contributed by atoms with Crippen LogP contribution in [-0.2, 0) is 7.05 Å². The third kappa shape index (κ3) is 2.07. The zero-order valence-corrected chi connectivity index (χ0v) is 12.2. The molecule has 4 heterocycles. The molecular formula is C14H16N6O2. The van der Waals surface area contributed by atoms with Crippen molar-refractivity contribution in [1.29, 1.82) is 0 Å². The largest absolute Gasteiger partial charge is 0.434 e. The summed E-state index contributed by atoms with van der Waals surface area (Å²) in [5, 5.41) is 6.30. The number of H-pyrrole nitrogens is 1. The van der Waals surface area contributed by atoms with Crippen LogP contribution in [0.1, 0.15) is 24.7 Å². The van der Waals surface area contributed by atoms with Crippen LogP contribution in [0.4, 0.5) is 5.95 Å². The molecule has 8 heteroatoms. The lowest BCUT2D eigenvalue weighted by atomic mass is 9.98. The van der Waals surface area contributed by atoms with E-state index in [-0.39, 0.29) is 5.92 Å². The van der Waals surface area contributed by atoms with Crippen molar-refractivity contribution in [3.05, 3.63) is 34.9 Å². The summed E-state index contributed by atoms with van der Waals surface area (Å²) in [6, 6.07) is 1.96. The first-order valence-electron chi connectivity index (χ1n) is 7.29. The quantitative estimate of drug-likeness (QED) is 0.760. The standard InChI is InChI=1S/C14H16N6O2/c1-19-11-4-5-15-7-10(11)16-13(19)20-6-2-3-9(8-20)12-17-18-14(21)22-12/h4-5,7,9H,2-3,6,8H2,1H3,(H,18,21). The van der Waals surface area contributed by atoms with Crippen LogP contribution in [0.5, 0.6) is 0 Å². The number of nitrogens with one attached hydrogen (secondary N) is 1. The minimum Gasteiger partial charge on any atom is -0.392 e. The molecule has 0 bridgehead atoms. The van der Waals surface area contributed by atoms with Crippen molar-refractivity contribution in [2.24, 2.45) is 7.05 Å². The van der Waals surface area contributed by atoms with Gasteiger partial charge in [-0.2, -0.15) is 0 Å². The van der Waals surface area contributed by atoms with Gasteiger partial charge in [-0.25, -0.2) is 14.9 Å². The van der Waals surface area contributed by atoms with Crippen molar-refractivity contribution in [2.45, 2.75) is 18.8 Å². The summed E-state index contributed by atoms with van der Waals surface area (Å²) < 4.78 is 7.18. The fourth-order valence-corrected chi connectivity index (χ4v) is 3.10. The zero-order chi connectivity index (χ0) is 15.1. The molecule has 1 atom stereocenters. The van der Waals surface area contributed by atoms with Gasteiger partial charge in [0.05, 0.1) is 17.6 Å². The Labute approximate surface area is 125 Å². The van der Waals surface area contributed by atoms with Gasteiger partial charge in [0.2, 0.25) is 11.8 Å². The van der Waals surface area contributed by atoms with Crippen molar-refractivity contribution in [2.75, 3.05) is 18.0 Å².